The molecule has 0 fully saturated rings. The van der Waals surface area contributed by atoms with Crippen LogP contribution < -0.4 is 26.4 Å². The van der Waals surface area contributed by atoms with Crippen LogP contribution in [0.15, 0.2) is 56.5 Å². The van der Waals surface area contributed by atoms with E-state index in [1.165, 1.54) is 12.0 Å². The number of esters is 1. The molecule has 200 valence electrons. The topological polar surface area (TPSA) is 118 Å². The quantitative estimate of drug-likeness (QED) is 0.222. The third-order valence-corrected chi connectivity index (χ3v) is 7.24. The first kappa shape index (κ1) is 26.2. The maximum atomic E-state index is 13.8. The van der Waals surface area contributed by atoms with E-state index in [0.717, 1.165) is 11.3 Å². The summed E-state index contributed by atoms with van der Waals surface area (Å²) < 4.78 is 10.6. The highest BCUT2D eigenvalue weighted by molar-refractivity contribution is 6.33. The van der Waals surface area contributed by atoms with Gasteiger partial charge in [-0.2, -0.15) is 0 Å². The molecule has 1 atom stereocenters. The number of benzene rings is 2. The lowest BCUT2D eigenvalue weighted by atomic mass is 10.1. The van der Waals surface area contributed by atoms with E-state index in [9.17, 15) is 19.2 Å². The van der Waals surface area contributed by atoms with Gasteiger partial charge >= 0.3 is 5.97 Å². The lowest BCUT2D eigenvalue weighted by molar-refractivity contribution is 0.0601. The monoisotopic (exact) mass is 547 g/mol. The van der Waals surface area contributed by atoms with Crippen LogP contribution >= 0.6 is 11.6 Å². The van der Waals surface area contributed by atoms with Crippen LogP contribution in [-0.2, 0) is 11.3 Å². The Kier molecular flexibility index (Phi) is 6.78. The summed E-state index contributed by atoms with van der Waals surface area (Å²) in [5.41, 5.74) is 1.43. The molecule has 1 amide bonds. The fourth-order valence-corrected chi connectivity index (χ4v) is 5.02. The Labute approximate surface area is 229 Å². The van der Waals surface area contributed by atoms with Gasteiger partial charge in [0, 0.05) is 10.6 Å². The molecule has 2 heterocycles. The summed E-state index contributed by atoms with van der Waals surface area (Å²) in [4.78, 5) is 52.8. The van der Waals surface area contributed by atoms with Crippen molar-refractivity contribution in [1.29, 1.82) is 0 Å². The summed E-state index contributed by atoms with van der Waals surface area (Å²) in [7, 11) is 1.28. The van der Waals surface area contributed by atoms with E-state index in [-0.39, 0.29) is 35.1 Å². The molecule has 9 nitrogen and oxygen atoms in total. The minimum atomic E-state index is -0.694. The van der Waals surface area contributed by atoms with E-state index in [1.807, 2.05) is 32.9 Å². The maximum absolute atomic E-state index is 13.8. The maximum Gasteiger partial charge on any atom is 0.339 e. The highest BCUT2D eigenvalue weighted by Gasteiger charge is 2.36. The first-order valence-corrected chi connectivity index (χ1v) is 12.8. The van der Waals surface area contributed by atoms with Crippen molar-refractivity contribution >= 4 is 46.2 Å². The van der Waals surface area contributed by atoms with E-state index in [1.54, 1.807) is 30.3 Å². The second-order valence-electron chi connectivity index (χ2n) is 9.44. The Balaban J connectivity index is 1.50. The number of rotatable bonds is 8. The lowest BCUT2D eigenvalue weighted by Gasteiger charge is -2.21. The summed E-state index contributed by atoms with van der Waals surface area (Å²) in [5, 5.41) is 6.49. The molecule has 10 heteroatoms. The molecular weight excluding hydrogens is 522 g/mol. The van der Waals surface area contributed by atoms with Gasteiger partial charge in [-0.3, -0.25) is 14.4 Å². The molecule has 0 saturated heterocycles. The summed E-state index contributed by atoms with van der Waals surface area (Å²) in [6, 6.07) is 11.6. The number of amides is 1. The third kappa shape index (κ3) is 4.48. The van der Waals surface area contributed by atoms with Crippen LogP contribution in [-0.4, -0.2) is 19.0 Å². The Morgan fingerprint density at radius 2 is 1.82 bits per heavy atom. The molecule has 1 aliphatic heterocycles. The average molecular weight is 548 g/mol. The van der Waals surface area contributed by atoms with Crippen LogP contribution in [0.1, 0.15) is 62.7 Å². The lowest BCUT2D eigenvalue weighted by Crippen LogP contribution is -2.37. The van der Waals surface area contributed by atoms with Gasteiger partial charge in [0.05, 0.1) is 42.2 Å². The molecule has 0 radical (unpaired) electrons. The van der Waals surface area contributed by atoms with Crippen molar-refractivity contribution in [2.45, 2.75) is 39.8 Å². The van der Waals surface area contributed by atoms with Crippen LogP contribution in [0.2, 0.25) is 5.02 Å². The van der Waals surface area contributed by atoms with Crippen molar-refractivity contribution in [3.05, 3.63) is 102 Å². The number of aryl methyl sites for hydroxylation is 2. The number of halogens is 1. The predicted octanol–water partition coefficient (Wildman–Crippen LogP) is 5.40. The van der Waals surface area contributed by atoms with E-state index in [2.05, 4.69) is 10.6 Å². The van der Waals surface area contributed by atoms with Crippen molar-refractivity contribution in [2.24, 2.45) is 0 Å². The van der Waals surface area contributed by atoms with Gasteiger partial charge in [0.1, 0.15) is 22.9 Å². The number of hydrogen-bond donors (Lipinski definition) is 2. The standard InChI is InChI=1S/C29H26ClN3O6/c1-5-19(22-11-7-15(3)39-22)31-24-25(27(35)26(24)34)32-20-10-9-18(30)17-13-33(28(36)23(17)20)21-12-14(2)6-8-16(21)29(37)38-4/h6-12,19,31-32H,5,13H2,1-4H3/t19-/m1/s1. The SMILES string of the molecule is CC[C@@H](Nc1c(Nc2ccc(Cl)c3c2C(=O)N(c2cc(C)ccc2C(=O)OC)C3)c(=O)c1=O)c1ccc(C)o1. The molecule has 3 aromatic carbocycles. The molecular formula is C29H26ClN3O6. The number of ether oxygens (including phenoxy) is 1. The predicted molar refractivity (Wildman–Crippen MR) is 149 cm³/mol. The molecule has 39 heavy (non-hydrogen) atoms. The second kappa shape index (κ2) is 10.1. The van der Waals surface area contributed by atoms with Crippen molar-refractivity contribution in [2.75, 3.05) is 22.6 Å². The number of methoxy groups -OCH3 is 1. The van der Waals surface area contributed by atoms with E-state index in [0.29, 0.717) is 34.1 Å². The van der Waals surface area contributed by atoms with Gasteiger partial charge in [0.25, 0.3) is 16.8 Å². The molecule has 1 aliphatic rings. The molecule has 4 aromatic rings. The largest absolute Gasteiger partial charge is 0.465 e. The Morgan fingerprint density at radius 1 is 1.08 bits per heavy atom. The Morgan fingerprint density at radius 3 is 2.49 bits per heavy atom. The minimum Gasteiger partial charge on any atom is -0.465 e. The number of hydrogen-bond acceptors (Lipinski definition) is 8. The van der Waals surface area contributed by atoms with Gasteiger partial charge in [-0.1, -0.05) is 24.6 Å². The Bertz CT molecular complexity index is 1700. The van der Waals surface area contributed by atoms with Crippen molar-refractivity contribution in [3.8, 4) is 0 Å². The van der Waals surface area contributed by atoms with Gasteiger partial charge < -0.3 is 24.7 Å². The first-order chi connectivity index (χ1) is 18.6. The van der Waals surface area contributed by atoms with Crippen LogP contribution in [0, 0.1) is 13.8 Å². The number of anilines is 4. The van der Waals surface area contributed by atoms with Crippen molar-refractivity contribution in [3.63, 3.8) is 0 Å². The van der Waals surface area contributed by atoms with Gasteiger partial charge in [-0.25, -0.2) is 4.79 Å². The summed E-state index contributed by atoms with van der Waals surface area (Å²) in [6.45, 7) is 5.73. The molecule has 0 aliphatic carbocycles. The average Bonchev–Trinajstić information content (AvgIpc) is 3.52. The van der Waals surface area contributed by atoms with Gasteiger partial charge in [0.15, 0.2) is 0 Å². The summed E-state index contributed by atoms with van der Waals surface area (Å²) in [5.74, 6) is 0.399. The van der Waals surface area contributed by atoms with E-state index >= 15 is 0 Å². The molecule has 0 unspecified atom stereocenters. The number of furan rings is 1. The number of carbonyl (C=O) groups excluding carboxylic acids is 2. The minimum absolute atomic E-state index is 0.0586. The number of nitrogens with one attached hydrogen (secondary N) is 2. The second-order valence-corrected chi connectivity index (χ2v) is 9.85. The van der Waals surface area contributed by atoms with Crippen molar-refractivity contribution in [1.82, 2.24) is 0 Å². The summed E-state index contributed by atoms with van der Waals surface area (Å²) in [6.07, 6.45) is 0.605. The molecule has 5 rings (SSSR count). The van der Waals surface area contributed by atoms with Crippen LogP contribution in [0.5, 0.6) is 0 Å². The zero-order valence-electron chi connectivity index (χ0n) is 21.8. The normalized spacial score (nSPS) is 13.5. The molecule has 0 saturated carbocycles. The highest BCUT2D eigenvalue weighted by atomic mass is 35.5. The fraction of sp³-hybridized carbons (Fsp3) is 0.241. The van der Waals surface area contributed by atoms with E-state index < -0.39 is 22.7 Å². The summed E-state index contributed by atoms with van der Waals surface area (Å²) >= 11 is 6.49. The first-order valence-electron chi connectivity index (χ1n) is 12.4. The zero-order valence-corrected chi connectivity index (χ0v) is 22.6. The molecule has 1 aromatic heterocycles. The smallest absolute Gasteiger partial charge is 0.339 e. The highest BCUT2D eigenvalue weighted by Crippen LogP contribution is 2.40. The van der Waals surface area contributed by atoms with Crippen LogP contribution in [0.4, 0.5) is 22.7 Å². The molecule has 2 N–H and O–H groups in total. The number of nitrogens with zero attached hydrogens (tertiary/aromatic N) is 1. The van der Waals surface area contributed by atoms with E-state index in [4.69, 9.17) is 20.8 Å². The fourth-order valence-electron chi connectivity index (χ4n) is 4.81. The Hall–Kier alpha value is -4.37. The third-order valence-electron chi connectivity index (χ3n) is 6.88. The number of carbonyl (C=O) groups is 2. The van der Waals surface area contributed by atoms with Gasteiger partial charge in [-0.05, 0) is 62.2 Å². The van der Waals surface area contributed by atoms with Gasteiger partial charge in [0.2, 0.25) is 0 Å². The van der Waals surface area contributed by atoms with Crippen LogP contribution in [0.25, 0.3) is 0 Å². The van der Waals surface area contributed by atoms with Crippen LogP contribution in [0.3, 0.4) is 0 Å². The zero-order chi connectivity index (χ0) is 28.0. The molecule has 0 bridgehead atoms. The van der Waals surface area contributed by atoms with Gasteiger partial charge in [-0.15, -0.1) is 0 Å². The number of fused-ring (bicyclic) bond motifs is 1. The van der Waals surface area contributed by atoms with Crippen molar-refractivity contribution < 1.29 is 18.7 Å². The molecule has 0 spiro atoms.